The highest BCUT2D eigenvalue weighted by Gasteiger charge is 2.22. The molecule has 204 valence electrons. The molecular weight excluding hydrogens is 511 g/mol. The van der Waals surface area contributed by atoms with Crippen LogP contribution in [0.15, 0.2) is 77.9 Å². The Morgan fingerprint density at radius 2 is 1.75 bits per heavy atom. The average molecular weight is 541 g/mol. The van der Waals surface area contributed by atoms with Crippen molar-refractivity contribution in [3.8, 4) is 0 Å². The molecule has 0 radical (unpaired) electrons. The number of rotatable bonds is 9. The minimum atomic E-state index is -0.632. The van der Waals surface area contributed by atoms with Crippen LogP contribution in [-0.2, 0) is 6.42 Å². The van der Waals surface area contributed by atoms with E-state index < -0.39 is 10.7 Å². The van der Waals surface area contributed by atoms with Crippen molar-refractivity contribution in [2.24, 2.45) is 11.0 Å². The normalized spacial score (nSPS) is 13.9. The predicted molar refractivity (Wildman–Crippen MR) is 154 cm³/mol. The Hall–Kier alpha value is -4.93. The van der Waals surface area contributed by atoms with Crippen molar-refractivity contribution in [1.82, 2.24) is 15.0 Å². The molecule has 0 saturated carbocycles. The molecule has 1 aliphatic rings. The molecule has 1 fully saturated rings. The maximum atomic E-state index is 14.2. The van der Waals surface area contributed by atoms with Crippen molar-refractivity contribution < 1.29 is 9.31 Å². The van der Waals surface area contributed by atoms with Crippen LogP contribution in [0.25, 0.3) is 0 Å². The lowest BCUT2D eigenvalue weighted by Crippen LogP contribution is -2.35. The number of non-ortho nitro benzene ring substituents is 1. The fourth-order valence-electron chi connectivity index (χ4n) is 4.57. The van der Waals surface area contributed by atoms with Crippen LogP contribution in [0.2, 0.25) is 0 Å². The number of nitrogens with zero attached hydrogens (tertiary/aromatic N) is 6. The number of hydrazone groups is 1. The van der Waals surface area contributed by atoms with E-state index in [0.717, 1.165) is 68.0 Å². The molecule has 2 N–H and O–H groups in total. The highest BCUT2D eigenvalue weighted by molar-refractivity contribution is 5.81. The maximum Gasteiger partial charge on any atom is 0.270 e. The molecule has 40 heavy (non-hydrogen) atoms. The summed E-state index contributed by atoms with van der Waals surface area (Å²) in [7, 11) is 0. The monoisotopic (exact) mass is 540 g/mol. The van der Waals surface area contributed by atoms with E-state index in [2.05, 4.69) is 60.0 Å². The van der Waals surface area contributed by atoms with E-state index in [1.165, 1.54) is 5.56 Å². The lowest BCUT2D eigenvalue weighted by molar-refractivity contribution is -0.384. The molecular formula is C29H29FN8O2. The SMILES string of the molecule is Cc1ccc(Nc2nc(N/N=C\c3cc([N+](=O)[O-])ccc3F)nc(N3CCC(Cc4ccccc4)CC3)n2)cc1. The number of hydrogen-bond acceptors (Lipinski definition) is 9. The molecule has 11 heteroatoms. The second-order valence-electron chi connectivity index (χ2n) is 9.73. The number of nitro groups is 1. The summed E-state index contributed by atoms with van der Waals surface area (Å²) in [6.07, 6.45) is 4.22. The molecule has 5 rings (SSSR count). The number of nitrogens with one attached hydrogen (secondary N) is 2. The second kappa shape index (κ2) is 12.3. The van der Waals surface area contributed by atoms with Crippen molar-refractivity contribution in [3.05, 3.63) is 105 Å². The number of halogens is 1. The van der Waals surface area contributed by atoms with E-state index in [4.69, 9.17) is 0 Å². The van der Waals surface area contributed by atoms with Crippen molar-refractivity contribution in [1.29, 1.82) is 0 Å². The molecule has 4 aromatic rings. The fraction of sp³-hybridized carbons (Fsp3) is 0.241. The van der Waals surface area contributed by atoms with Gasteiger partial charge in [-0.1, -0.05) is 48.0 Å². The summed E-state index contributed by atoms with van der Waals surface area (Å²) in [5.74, 6) is 0.944. The molecule has 0 bridgehead atoms. The summed E-state index contributed by atoms with van der Waals surface area (Å²) in [6, 6.07) is 21.6. The molecule has 0 spiro atoms. The third-order valence-electron chi connectivity index (χ3n) is 6.75. The number of aryl methyl sites for hydroxylation is 1. The van der Waals surface area contributed by atoms with Gasteiger partial charge in [0, 0.05) is 36.5 Å². The van der Waals surface area contributed by atoms with Crippen LogP contribution >= 0.6 is 0 Å². The molecule has 0 aliphatic carbocycles. The smallest absolute Gasteiger partial charge is 0.270 e. The minimum Gasteiger partial charge on any atom is -0.341 e. The molecule has 1 aromatic heterocycles. The number of hydrogen-bond donors (Lipinski definition) is 2. The lowest BCUT2D eigenvalue weighted by Gasteiger charge is -2.32. The van der Waals surface area contributed by atoms with E-state index in [1.807, 2.05) is 37.3 Å². The minimum absolute atomic E-state index is 0.0329. The third-order valence-corrected chi connectivity index (χ3v) is 6.75. The first-order valence-electron chi connectivity index (χ1n) is 13.0. The van der Waals surface area contributed by atoms with Gasteiger partial charge in [0.05, 0.1) is 11.1 Å². The van der Waals surface area contributed by atoms with Gasteiger partial charge >= 0.3 is 0 Å². The first-order chi connectivity index (χ1) is 19.4. The highest BCUT2D eigenvalue weighted by Crippen LogP contribution is 2.26. The van der Waals surface area contributed by atoms with Crippen molar-refractivity contribution in [3.63, 3.8) is 0 Å². The quantitative estimate of drug-likeness (QED) is 0.153. The van der Waals surface area contributed by atoms with Gasteiger partial charge in [-0.2, -0.15) is 20.1 Å². The molecule has 1 saturated heterocycles. The van der Waals surface area contributed by atoms with Crippen molar-refractivity contribution >= 4 is 35.4 Å². The number of benzene rings is 3. The Labute approximate surface area is 231 Å². The van der Waals surface area contributed by atoms with Crippen LogP contribution in [0, 0.1) is 28.8 Å². The molecule has 0 amide bonds. The zero-order chi connectivity index (χ0) is 27.9. The number of piperidine rings is 1. The predicted octanol–water partition coefficient (Wildman–Crippen LogP) is 5.88. The topological polar surface area (TPSA) is 121 Å². The molecule has 3 aromatic carbocycles. The average Bonchev–Trinajstić information content (AvgIpc) is 2.96. The van der Waals surface area contributed by atoms with Crippen LogP contribution < -0.4 is 15.6 Å². The van der Waals surface area contributed by atoms with Gasteiger partial charge in [0.15, 0.2) is 0 Å². The number of nitro benzene ring substituents is 1. The van der Waals surface area contributed by atoms with Gasteiger partial charge in [-0.15, -0.1) is 0 Å². The number of aromatic nitrogens is 3. The summed E-state index contributed by atoms with van der Waals surface area (Å²) in [5, 5.41) is 18.3. The van der Waals surface area contributed by atoms with E-state index in [0.29, 0.717) is 17.8 Å². The summed E-state index contributed by atoms with van der Waals surface area (Å²) in [6.45, 7) is 3.61. The Bertz CT molecular complexity index is 1490. The lowest BCUT2D eigenvalue weighted by atomic mass is 9.90. The molecule has 1 aliphatic heterocycles. The molecule has 10 nitrogen and oxygen atoms in total. The van der Waals surface area contributed by atoms with E-state index in [9.17, 15) is 14.5 Å². The van der Waals surface area contributed by atoms with Gasteiger partial charge in [-0.25, -0.2) is 9.82 Å². The molecule has 0 atom stereocenters. The molecule has 2 heterocycles. The van der Waals surface area contributed by atoms with Gasteiger partial charge in [0.2, 0.25) is 17.8 Å². The Morgan fingerprint density at radius 1 is 1.02 bits per heavy atom. The van der Waals surface area contributed by atoms with Gasteiger partial charge in [0.25, 0.3) is 5.69 Å². The van der Waals surface area contributed by atoms with Gasteiger partial charge in [0.1, 0.15) is 5.82 Å². The van der Waals surface area contributed by atoms with Gasteiger partial charge < -0.3 is 10.2 Å². The first-order valence-corrected chi connectivity index (χ1v) is 13.0. The van der Waals surface area contributed by atoms with Crippen LogP contribution in [0.4, 0.5) is 33.6 Å². The third kappa shape index (κ3) is 6.93. The van der Waals surface area contributed by atoms with Crippen molar-refractivity contribution in [2.45, 2.75) is 26.2 Å². The van der Waals surface area contributed by atoms with Gasteiger partial charge in [-0.05, 0) is 55.9 Å². The van der Waals surface area contributed by atoms with Crippen LogP contribution in [0.1, 0.15) is 29.5 Å². The van der Waals surface area contributed by atoms with E-state index in [-0.39, 0.29) is 17.2 Å². The molecule has 0 unspecified atom stereocenters. The zero-order valence-corrected chi connectivity index (χ0v) is 22.0. The zero-order valence-electron chi connectivity index (χ0n) is 22.0. The fourth-order valence-corrected chi connectivity index (χ4v) is 4.57. The van der Waals surface area contributed by atoms with Crippen LogP contribution in [-0.4, -0.2) is 39.2 Å². The van der Waals surface area contributed by atoms with E-state index in [1.54, 1.807) is 0 Å². The summed E-state index contributed by atoms with van der Waals surface area (Å²) in [5.41, 5.74) is 5.76. The van der Waals surface area contributed by atoms with Gasteiger partial charge in [-0.3, -0.25) is 10.1 Å². The first kappa shape index (κ1) is 26.7. The second-order valence-corrected chi connectivity index (χ2v) is 9.73. The Balaban J connectivity index is 1.33. The summed E-state index contributed by atoms with van der Waals surface area (Å²) >= 11 is 0. The highest BCUT2D eigenvalue weighted by atomic mass is 19.1. The Kier molecular flexibility index (Phi) is 8.19. The number of anilines is 4. The maximum absolute atomic E-state index is 14.2. The van der Waals surface area contributed by atoms with Crippen molar-refractivity contribution in [2.75, 3.05) is 28.7 Å². The summed E-state index contributed by atoms with van der Waals surface area (Å²) in [4.78, 5) is 26.2. The Morgan fingerprint density at radius 3 is 2.48 bits per heavy atom. The largest absolute Gasteiger partial charge is 0.341 e. The summed E-state index contributed by atoms with van der Waals surface area (Å²) < 4.78 is 14.2. The standard InChI is InChI=1S/C29H29FN8O2/c1-20-7-9-24(10-8-20)32-27-33-28(36-31-19-23-18-25(38(39)40)11-12-26(23)30)35-29(34-27)37-15-13-22(14-16-37)17-21-5-3-2-4-6-21/h2-12,18-19,22H,13-17H2,1H3,(H2,32,33,34,35,36)/b31-19-. The van der Waals surface area contributed by atoms with E-state index >= 15 is 0 Å². The van der Waals surface area contributed by atoms with Crippen LogP contribution in [0.3, 0.4) is 0 Å². The van der Waals surface area contributed by atoms with Crippen LogP contribution in [0.5, 0.6) is 0 Å².